The van der Waals surface area contributed by atoms with Crippen molar-refractivity contribution in [1.29, 1.82) is 0 Å². The van der Waals surface area contributed by atoms with Gasteiger partial charge in [0, 0.05) is 32.4 Å². The molecule has 1 saturated heterocycles. The topological polar surface area (TPSA) is 100 Å². The summed E-state index contributed by atoms with van der Waals surface area (Å²) in [5.41, 5.74) is 2.30. The van der Waals surface area contributed by atoms with Crippen molar-refractivity contribution in [2.24, 2.45) is 0 Å². The molecule has 0 aliphatic carbocycles. The van der Waals surface area contributed by atoms with Gasteiger partial charge in [-0.1, -0.05) is 66.7 Å². The minimum atomic E-state index is -0.427. The van der Waals surface area contributed by atoms with E-state index in [-0.39, 0.29) is 17.5 Å². The predicted molar refractivity (Wildman–Crippen MR) is 135 cm³/mol. The van der Waals surface area contributed by atoms with Crippen molar-refractivity contribution < 1.29 is 4.92 Å². The van der Waals surface area contributed by atoms with Crippen LogP contribution in [0.4, 0.5) is 23.1 Å². The maximum atomic E-state index is 12.0. The standard InChI is InChI=1S/C26H25N7O2/c34-33(35)24-25(30-22-13-7-8-14-27-22)28-19-29-26(24)32-17-15-31(16-18-32)23(20-9-3-1-4-10-20)21-11-5-2-6-12-21/h1-14,19,23H,15-18H2,(H,27,28,29,30). The molecule has 1 aliphatic rings. The number of pyridine rings is 1. The second kappa shape index (κ2) is 10.3. The number of benzene rings is 2. The summed E-state index contributed by atoms with van der Waals surface area (Å²) in [7, 11) is 0. The molecular weight excluding hydrogens is 442 g/mol. The van der Waals surface area contributed by atoms with Crippen molar-refractivity contribution in [3.8, 4) is 0 Å². The highest BCUT2D eigenvalue weighted by Crippen LogP contribution is 2.35. The van der Waals surface area contributed by atoms with Gasteiger partial charge in [0.2, 0.25) is 11.6 Å². The molecule has 9 nitrogen and oxygen atoms in total. The maximum Gasteiger partial charge on any atom is 0.353 e. The zero-order chi connectivity index (χ0) is 24.0. The lowest BCUT2D eigenvalue weighted by Crippen LogP contribution is -2.48. The van der Waals surface area contributed by atoms with E-state index in [0.717, 1.165) is 13.1 Å². The fourth-order valence-corrected chi connectivity index (χ4v) is 4.50. The Morgan fingerprint density at radius 2 is 1.43 bits per heavy atom. The molecule has 3 heterocycles. The quantitative estimate of drug-likeness (QED) is 0.315. The van der Waals surface area contributed by atoms with Crippen LogP contribution in [0.3, 0.4) is 0 Å². The van der Waals surface area contributed by atoms with Gasteiger partial charge in [-0.3, -0.25) is 15.0 Å². The van der Waals surface area contributed by atoms with Gasteiger partial charge in [0.25, 0.3) is 0 Å². The third-order valence-electron chi connectivity index (χ3n) is 6.11. The summed E-state index contributed by atoms with van der Waals surface area (Å²) >= 11 is 0. The Morgan fingerprint density at radius 1 is 0.800 bits per heavy atom. The second-order valence-corrected chi connectivity index (χ2v) is 8.24. The van der Waals surface area contributed by atoms with E-state index in [1.165, 1.54) is 17.5 Å². The lowest BCUT2D eigenvalue weighted by molar-refractivity contribution is -0.383. The highest BCUT2D eigenvalue weighted by molar-refractivity contribution is 5.73. The normalized spacial score (nSPS) is 14.1. The Balaban J connectivity index is 1.39. The van der Waals surface area contributed by atoms with E-state index >= 15 is 0 Å². The molecule has 0 saturated carbocycles. The first-order valence-corrected chi connectivity index (χ1v) is 11.5. The smallest absolute Gasteiger partial charge is 0.348 e. The molecule has 0 bridgehead atoms. The Bertz CT molecular complexity index is 1230. The first kappa shape index (κ1) is 22.4. The van der Waals surface area contributed by atoms with E-state index in [9.17, 15) is 10.1 Å². The molecule has 0 atom stereocenters. The summed E-state index contributed by atoms with van der Waals surface area (Å²) in [6, 6.07) is 26.3. The van der Waals surface area contributed by atoms with Crippen LogP contribution in [0, 0.1) is 10.1 Å². The van der Waals surface area contributed by atoms with Crippen LogP contribution in [0.2, 0.25) is 0 Å². The van der Waals surface area contributed by atoms with Crippen LogP contribution >= 0.6 is 0 Å². The number of nitrogens with zero attached hydrogens (tertiary/aromatic N) is 6. The van der Waals surface area contributed by atoms with Crippen LogP contribution in [-0.4, -0.2) is 51.0 Å². The average Bonchev–Trinajstić information content (AvgIpc) is 2.91. The number of hydrogen-bond acceptors (Lipinski definition) is 8. The highest BCUT2D eigenvalue weighted by atomic mass is 16.6. The van der Waals surface area contributed by atoms with Gasteiger partial charge in [-0.05, 0) is 23.3 Å². The van der Waals surface area contributed by atoms with E-state index in [1.54, 1.807) is 24.4 Å². The van der Waals surface area contributed by atoms with Crippen LogP contribution in [0.1, 0.15) is 17.2 Å². The Labute approximate surface area is 203 Å². The number of nitro groups is 1. The first-order chi connectivity index (χ1) is 17.2. The molecule has 2 aromatic carbocycles. The minimum absolute atomic E-state index is 0.112. The molecule has 0 radical (unpaired) electrons. The third-order valence-corrected chi connectivity index (χ3v) is 6.11. The van der Waals surface area contributed by atoms with Crippen LogP contribution < -0.4 is 10.2 Å². The van der Waals surface area contributed by atoms with Gasteiger partial charge in [-0.15, -0.1) is 0 Å². The zero-order valence-electron chi connectivity index (χ0n) is 19.1. The van der Waals surface area contributed by atoms with Crippen molar-refractivity contribution in [1.82, 2.24) is 19.9 Å². The van der Waals surface area contributed by atoms with Crippen molar-refractivity contribution >= 4 is 23.1 Å². The number of nitrogens with one attached hydrogen (secondary N) is 1. The monoisotopic (exact) mass is 467 g/mol. The Hall–Kier alpha value is -4.37. The van der Waals surface area contributed by atoms with Crippen molar-refractivity contribution in [3.05, 3.63) is 113 Å². The molecule has 0 spiro atoms. The van der Waals surface area contributed by atoms with Crippen LogP contribution in [-0.2, 0) is 0 Å². The van der Waals surface area contributed by atoms with Crippen LogP contribution in [0.25, 0.3) is 0 Å². The van der Waals surface area contributed by atoms with Gasteiger partial charge in [0.15, 0.2) is 0 Å². The molecule has 9 heteroatoms. The Morgan fingerprint density at radius 3 is 2.00 bits per heavy atom. The van der Waals surface area contributed by atoms with Crippen molar-refractivity contribution in [2.45, 2.75) is 6.04 Å². The lowest BCUT2D eigenvalue weighted by atomic mass is 9.96. The summed E-state index contributed by atoms with van der Waals surface area (Å²) < 4.78 is 0. The number of anilines is 3. The molecule has 4 aromatic rings. The summed E-state index contributed by atoms with van der Waals surface area (Å²) in [5.74, 6) is 0.935. The van der Waals surface area contributed by atoms with E-state index in [2.05, 4.69) is 73.7 Å². The van der Waals surface area contributed by atoms with Gasteiger partial charge < -0.3 is 10.2 Å². The SMILES string of the molecule is O=[N+]([O-])c1c(Nc2ccccn2)ncnc1N1CCN(C(c2ccccc2)c2ccccc2)CC1. The van der Waals surface area contributed by atoms with Gasteiger partial charge >= 0.3 is 5.69 Å². The summed E-state index contributed by atoms with van der Waals surface area (Å²) in [6.07, 6.45) is 2.97. The number of aromatic nitrogens is 3. The molecule has 1 aliphatic heterocycles. The number of hydrogen-bond donors (Lipinski definition) is 1. The van der Waals surface area contributed by atoms with Gasteiger partial charge in [0.1, 0.15) is 12.1 Å². The molecule has 5 rings (SSSR count). The highest BCUT2D eigenvalue weighted by Gasteiger charge is 2.32. The van der Waals surface area contributed by atoms with Crippen molar-refractivity contribution in [3.63, 3.8) is 0 Å². The Kier molecular flexibility index (Phi) is 6.58. The fraction of sp³-hybridized carbons (Fsp3) is 0.192. The average molecular weight is 468 g/mol. The van der Waals surface area contributed by atoms with Crippen LogP contribution in [0.5, 0.6) is 0 Å². The summed E-state index contributed by atoms with van der Waals surface area (Å²) in [5, 5.41) is 15.0. The molecular formula is C26H25N7O2. The number of piperazine rings is 1. The lowest BCUT2D eigenvalue weighted by Gasteiger charge is -2.40. The van der Waals surface area contributed by atoms with E-state index < -0.39 is 4.92 Å². The second-order valence-electron chi connectivity index (χ2n) is 8.24. The van der Waals surface area contributed by atoms with E-state index in [4.69, 9.17) is 0 Å². The molecule has 0 amide bonds. The van der Waals surface area contributed by atoms with Crippen LogP contribution in [0.15, 0.2) is 91.4 Å². The first-order valence-electron chi connectivity index (χ1n) is 11.5. The zero-order valence-corrected chi connectivity index (χ0v) is 19.1. The third kappa shape index (κ3) is 4.95. The predicted octanol–water partition coefficient (Wildman–Crippen LogP) is 4.44. The summed E-state index contributed by atoms with van der Waals surface area (Å²) in [6.45, 7) is 2.69. The molecule has 1 fully saturated rings. The molecule has 35 heavy (non-hydrogen) atoms. The summed E-state index contributed by atoms with van der Waals surface area (Å²) in [4.78, 5) is 28.6. The van der Waals surface area contributed by atoms with Gasteiger partial charge in [0.05, 0.1) is 11.0 Å². The van der Waals surface area contributed by atoms with Gasteiger partial charge in [-0.2, -0.15) is 0 Å². The molecule has 176 valence electrons. The molecule has 2 aromatic heterocycles. The molecule has 0 unspecified atom stereocenters. The largest absolute Gasteiger partial charge is 0.353 e. The minimum Gasteiger partial charge on any atom is -0.348 e. The maximum absolute atomic E-state index is 12.0. The fourth-order valence-electron chi connectivity index (χ4n) is 4.50. The van der Waals surface area contributed by atoms with Gasteiger partial charge in [-0.25, -0.2) is 15.0 Å². The number of rotatable bonds is 7. The van der Waals surface area contributed by atoms with Crippen molar-refractivity contribution in [2.75, 3.05) is 36.4 Å². The van der Waals surface area contributed by atoms with E-state index in [0.29, 0.717) is 24.7 Å². The van der Waals surface area contributed by atoms with E-state index in [1.807, 2.05) is 17.0 Å². The molecule has 1 N–H and O–H groups in total.